The molecule has 2 aliphatic heterocycles. The van der Waals surface area contributed by atoms with E-state index in [0.717, 1.165) is 43.5 Å². The summed E-state index contributed by atoms with van der Waals surface area (Å²) in [5.41, 5.74) is -0.606. The Morgan fingerprint density at radius 1 is 0.955 bits per heavy atom. The first kappa shape index (κ1) is 33.4. The molecule has 2 fully saturated rings. The SMILES string of the molecule is COCC(=O)N1CCN(Cc2ccc(OC)c(OCCCN3CCCCCC3=O)c2)CC(O)(COc2ccc(F)c(F)c2)C1. The van der Waals surface area contributed by atoms with Crippen molar-refractivity contribution in [1.82, 2.24) is 14.7 Å². The lowest BCUT2D eigenvalue weighted by molar-refractivity contribution is -0.138. The Labute approximate surface area is 257 Å². The van der Waals surface area contributed by atoms with Gasteiger partial charge in [0, 0.05) is 58.9 Å². The van der Waals surface area contributed by atoms with Gasteiger partial charge >= 0.3 is 0 Å². The first-order valence-electron chi connectivity index (χ1n) is 15.1. The van der Waals surface area contributed by atoms with Gasteiger partial charge in [0.15, 0.2) is 23.1 Å². The Kier molecular flexibility index (Phi) is 12.2. The zero-order chi connectivity index (χ0) is 31.5. The standard InChI is InChI=1S/C32H43F2N3O7/c1-41-20-31(39)37-15-14-35(21-32(40,22-37)23-44-25-9-10-26(33)27(34)18-25)19-24-8-11-28(42-2)29(17-24)43-16-6-13-36-12-5-3-4-7-30(36)38/h8-11,17-18,40H,3-7,12-16,19-23H2,1-2H3. The van der Waals surface area contributed by atoms with Gasteiger partial charge in [0.2, 0.25) is 11.8 Å². The molecule has 12 heteroatoms. The number of halogens is 2. The smallest absolute Gasteiger partial charge is 0.248 e. The molecular weight excluding hydrogens is 576 g/mol. The van der Waals surface area contributed by atoms with Gasteiger partial charge in [-0.05, 0) is 49.1 Å². The summed E-state index contributed by atoms with van der Waals surface area (Å²) in [6, 6.07) is 8.80. The zero-order valence-corrected chi connectivity index (χ0v) is 25.6. The molecule has 2 amide bonds. The second-order valence-electron chi connectivity index (χ2n) is 11.4. The molecule has 0 radical (unpaired) electrons. The normalized spacial score (nSPS) is 19.8. The number of nitrogens with zero attached hydrogens (tertiary/aromatic N) is 3. The van der Waals surface area contributed by atoms with Crippen LogP contribution in [0.3, 0.4) is 0 Å². The minimum atomic E-state index is -1.51. The van der Waals surface area contributed by atoms with E-state index in [1.807, 2.05) is 28.0 Å². The summed E-state index contributed by atoms with van der Waals surface area (Å²) in [6.45, 7) is 2.86. The van der Waals surface area contributed by atoms with E-state index in [2.05, 4.69) is 0 Å². The Bertz CT molecular complexity index is 1270. The number of carbonyl (C=O) groups is 2. The number of benzene rings is 2. The number of ether oxygens (including phenoxy) is 4. The van der Waals surface area contributed by atoms with E-state index in [9.17, 15) is 23.5 Å². The zero-order valence-electron chi connectivity index (χ0n) is 25.6. The number of rotatable bonds is 13. The summed E-state index contributed by atoms with van der Waals surface area (Å²) in [5, 5.41) is 11.7. The summed E-state index contributed by atoms with van der Waals surface area (Å²) in [7, 11) is 3.00. The van der Waals surface area contributed by atoms with E-state index < -0.39 is 17.2 Å². The number of hydrogen-bond donors (Lipinski definition) is 1. The Morgan fingerprint density at radius 3 is 2.57 bits per heavy atom. The molecule has 2 aliphatic rings. The van der Waals surface area contributed by atoms with Crippen molar-refractivity contribution in [3.05, 3.63) is 53.6 Å². The fourth-order valence-corrected chi connectivity index (χ4v) is 5.58. The molecule has 0 aliphatic carbocycles. The van der Waals surface area contributed by atoms with Crippen molar-refractivity contribution >= 4 is 11.8 Å². The van der Waals surface area contributed by atoms with Gasteiger partial charge in [-0.1, -0.05) is 12.5 Å². The van der Waals surface area contributed by atoms with Crippen LogP contribution < -0.4 is 14.2 Å². The average molecular weight is 620 g/mol. The summed E-state index contributed by atoms with van der Waals surface area (Å²) in [4.78, 5) is 30.5. The fraction of sp³-hybridized carbons (Fsp3) is 0.562. The summed E-state index contributed by atoms with van der Waals surface area (Å²) >= 11 is 0. The van der Waals surface area contributed by atoms with E-state index in [1.54, 1.807) is 7.11 Å². The van der Waals surface area contributed by atoms with Crippen LogP contribution >= 0.6 is 0 Å². The van der Waals surface area contributed by atoms with Crippen molar-refractivity contribution in [1.29, 1.82) is 0 Å². The van der Waals surface area contributed by atoms with Crippen LogP contribution in [0.2, 0.25) is 0 Å². The molecule has 2 aromatic rings. The van der Waals surface area contributed by atoms with Crippen LogP contribution in [0.5, 0.6) is 17.2 Å². The van der Waals surface area contributed by atoms with Gasteiger partial charge in [-0.3, -0.25) is 14.5 Å². The number of likely N-dealkylation sites (tertiary alicyclic amines) is 1. The highest BCUT2D eigenvalue weighted by atomic mass is 19.2. The highest BCUT2D eigenvalue weighted by Gasteiger charge is 2.37. The molecule has 2 heterocycles. The second kappa shape index (κ2) is 16.0. The lowest BCUT2D eigenvalue weighted by Gasteiger charge is -2.33. The van der Waals surface area contributed by atoms with Crippen LogP contribution in [0.15, 0.2) is 36.4 Å². The maximum atomic E-state index is 13.7. The Balaban J connectivity index is 1.42. The average Bonchev–Trinajstić information content (AvgIpc) is 3.31. The third kappa shape index (κ3) is 9.51. The van der Waals surface area contributed by atoms with E-state index in [0.29, 0.717) is 57.1 Å². The van der Waals surface area contributed by atoms with Gasteiger partial charge in [-0.2, -0.15) is 0 Å². The molecular formula is C32H43F2N3O7. The molecule has 0 aromatic heterocycles. The van der Waals surface area contributed by atoms with Gasteiger partial charge in [-0.15, -0.1) is 0 Å². The number of hydrogen-bond acceptors (Lipinski definition) is 8. The summed E-state index contributed by atoms with van der Waals surface area (Å²) < 4.78 is 49.4. The molecule has 0 saturated carbocycles. The molecule has 1 N–H and O–H groups in total. The molecule has 1 atom stereocenters. The number of carbonyl (C=O) groups excluding carboxylic acids is 2. The van der Waals surface area contributed by atoms with Gasteiger partial charge in [-0.25, -0.2) is 8.78 Å². The van der Waals surface area contributed by atoms with E-state index in [-0.39, 0.29) is 43.9 Å². The molecule has 2 saturated heterocycles. The highest BCUT2D eigenvalue weighted by Crippen LogP contribution is 2.30. The van der Waals surface area contributed by atoms with Crippen molar-refractivity contribution in [3.63, 3.8) is 0 Å². The minimum absolute atomic E-state index is 0.0220. The number of aliphatic hydroxyl groups is 1. The third-order valence-corrected chi connectivity index (χ3v) is 7.84. The fourth-order valence-electron chi connectivity index (χ4n) is 5.58. The highest BCUT2D eigenvalue weighted by molar-refractivity contribution is 5.77. The van der Waals surface area contributed by atoms with E-state index in [4.69, 9.17) is 18.9 Å². The third-order valence-electron chi connectivity index (χ3n) is 7.84. The summed E-state index contributed by atoms with van der Waals surface area (Å²) in [5.74, 6) is -0.885. The molecule has 0 spiro atoms. The van der Waals surface area contributed by atoms with Gasteiger partial charge in [0.1, 0.15) is 24.6 Å². The topological polar surface area (TPSA) is 101 Å². The number of amides is 2. The molecule has 10 nitrogen and oxygen atoms in total. The molecule has 242 valence electrons. The number of methoxy groups -OCH3 is 2. The van der Waals surface area contributed by atoms with Crippen molar-refractivity contribution in [3.8, 4) is 17.2 Å². The van der Waals surface area contributed by atoms with Crippen LogP contribution in [-0.4, -0.2) is 111 Å². The first-order chi connectivity index (χ1) is 21.2. The van der Waals surface area contributed by atoms with Crippen molar-refractivity contribution in [2.24, 2.45) is 0 Å². The maximum Gasteiger partial charge on any atom is 0.248 e. The first-order valence-corrected chi connectivity index (χ1v) is 15.1. The predicted molar refractivity (Wildman–Crippen MR) is 159 cm³/mol. The summed E-state index contributed by atoms with van der Waals surface area (Å²) in [6.07, 6.45) is 4.37. The second-order valence-corrected chi connectivity index (χ2v) is 11.4. The predicted octanol–water partition coefficient (Wildman–Crippen LogP) is 3.25. The molecule has 2 aromatic carbocycles. The molecule has 0 bridgehead atoms. The van der Waals surface area contributed by atoms with Crippen LogP contribution in [0.25, 0.3) is 0 Å². The largest absolute Gasteiger partial charge is 0.493 e. The van der Waals surface area contributed by atoms with Crippen molar-refractivity contribution in [2.45, 2.75) is 44.2 Å². The van der Waals surface area contributed by atoms with Gasteiger partial charge in [0.25, 0.3) is 0 Å². The van der Waals surface area contributed by atoms with Gasteiger partial charge < -0.3 is 33.9 Å². The van der Waals surface area contributed by atoms with Gasteiger partial charge in [0.05, 0.1) is 20.3 Å². The van der Waals surface area contributed by atoms with Crippen LogP contribution in [-0.2, 0) is 20.9 Å². The van der Waals surface area contributed by atoms with E-state index in [1.165, 1.54) is 18.1 Å². The quantitative estimate of drug-likeness (QED) is 0.341. The Morgan fingerprint density at radius 2 is 1.80 bits per heavy atom. The van der Waals surface area contributed by atoms with E-state index >= 15 is 0 Å². The lowest BCUT2D eigenvalue weighted by atomic mass is 10.0. The number of β-amino-alcohol motifs (C(OH)–C–C–N with tert-alkyl or cyclic N) is 1. The molecule has 1 unspecified atom stereocenters. The molecule has 4 rings (SSSR count). The minimum Gasteiger partial charge on any atom is -0.493 e. The monoisotopic (exact) mass is 619 g/mol. The van der Waals surface area contributed by atoms with Crippen LogP contribution in [0.4, 0.5) is 8.78 Å². The molecule has 44 heavy (non-hydrogen) atoms. The van der Waals surface area contributed by atoms with Crippen molar-refractivity contribution < 1.29 is 42.4 Å². The lowest BCUT2D eigenvalue weighted by Crippen LogP contribution is -2.52. The Hall–Kier alpha value is -3.48. The maximum absolute atomic E-state index is 13.7. The van der Waals surface area contributed by atoms with Crippen LogP contribution in [0, 0.1) is 11.6 Å². The van der Waals surface area contributed by atoms with Crippen LogP contribution in [0.1, 0.15) is 37.7 Å². The van der Waals surface area contributed by atoms with Crippen molar-refractivity contribution in [2.75, 3.05) is 73.3 Å².